The fourth-order valence-electron chi connectivity index (χ4n) is 1.77. The second-order valence-corrected chi connectivity index (χ2v) is 4.35. The number of rotatable bonds is 4. The Kier molecular flexibility index (Phi) is 3.94. The monoisotopic (exact) mass is 247 g/mol. The van der Waals surface area contributed by atoms with Crippen LogP contribution in [0.5, 0.6) is 0 Å². The van der Waals surface area contributed by atoms with E-state index >= 15 is 0 Å². The Balaban J connectivity index is 2.06. The highest BCUT2D eigenvalue weighted by Crippen LogP contribution is 2.17. The Bertz CT molecular complexity index is 455. The zero-order valence-electron chi connectivity index (χ0n) is 10.3. The van der Waals surface area contributed by atoms with Crippen LogP contribution in [0.15, 0.2) is 24.3 Å². The molecule has 0 aromatic heterocycles. The van der Waals surface area contributed by atoms with Crippen LogP contribution >= 0.6 is 0 Å². The Morgan fingerprint density at radius 3 is 2.67 bits per heavy atom. The van der Waals surface area contributed by atoms with Gasteiger partial charge >= 0.3 is 0 Å². The standard InChI is InChI=1S/C13H17N3O2/c1-14-12(17)6-9-4-2-3-5-11(9)16-13(18)10-7-15-8-10/h2-5,10,15H,6-8H2,1H3,(H,14,17)(H,16,18). The highest BCUT2D eigenvalue weighted by atomic mass is 16.2. The molecule has 5 heteroatoms. The Labute approximate surface area is 106 Å². The third kappa shape index (κ3) is 2.87. The van der Waals surface area contributed by atoms with Crippen molar-refractivity contribution in [2.24, 2.45) is 5.92 Å². The van der Waals surface area contributed by atoms with E-state index in [2.05, 4.69) is 16.0 Å². The van der Waals surface area contributed by atoms with Crippen LogP contribution in [0.2, 0.25) is 0 Å². The largest absolute Gasteiger partial charge is 0.359 e. The molecule has 0 aliphatic carbocycles. The molecule has 1 heterocycles. The maximum Gasteiger partial charge on any atom is 0.230 e. The zero-order valence-corrected chi connectivity index (χ0v) is 10.3. The lowest BCUT2D eigenvalue weighted by Crippen LogP contribution is -2.48. The van der Waals surface area contributed by atoms with E-state index in [0.29, 0.717) is 0 Å². The topological polar surface area (TPSA) is 70.2 Å². The first kappa shape index (κ1) is 12.6. The van der Waals surface area contributed by atoms with E-state index in [1.54, 1.807) is 7.05 Å². The molecule has 0 unspecified atom stereocenters. The predicted molar refractivity (Wildman–Crippen MR) is 69.2 cm³/mol. The van der Waals surface area contributed by atoms with Crippen LogP contribution in [0.1, 0.15) is 5.56 Å². The lowest BCUT2D eigenvalue weighted by molar-refractivity contribution is -0.121. The molecule has 1 fully saturated rings. The molecule has 0 spiro atoms. The van der Waals surface area contributed by atoms with Crippen molar-refractivity contribution in [3.8, 4) is 0 Å². The molecule has 18 heavy (non-hydrogen) atoms. The highest BCUT2D eigenvalue weighted by molar-refractivity contribution is 5.95. The van der Waals surface area contributed by atoms with Crippen LogP contribution in [0.4, 0.5) is 5.69 Å². The molecule has 96 valence electrons. The molecule has 1 aliphatic rings. The summed E-state index contributed by atoms with van der Waals surface area (Å²) in [5.41, 5.74) is 1.55. The molecule has 1 aromatic carbocycles. The number of para-hydroxylation sites is 1. The van der Waals surface area contributed by atoms with Crippen molar-refractivity contribution in [1.29, 1.82) is 0 Å². The summed E-state index contributed by atoms with van der Waals surface area (Å²) in [5.74, 6) is -0.0156. The molecule has 1 aliphatic heterocycles. The molecule has 0 bridgehead atoms. The summed E-state index contributed by atoms with van der Waals surface area (Å²) in [6, 6.07) is 7.38. The highest BCUT2D eigenvalue weighted by Gasteiger charge is 2.25. The van der Waals surface area contributed by atoms with Gasteiger partial charge < -0.3 is 16.0 Å². The van der Waals surface area contributed by atoms with Crippen LogP contribution < -0.4 is 16.0 Å². The van der Waals surface area contributed by atoms with E-state index < -0.39 is 0 Å². The van der Waals surface area contributed by atoms with Gasteiger partial charge in [-0.1, -0.05) is 18.2 Å². The maximum atomic E-state index is 11.9. The van der Waals surface area contributed by atoms with Crippen LogP contribution in [0, 0.1) is 5.92 Å². The first-order valence-corrected chi connectivity index (χ1v) is 6.00. The van der Waals surface area contributed by atoms with Gasteiger partial charge in [-0.05, 0) is 11.6 Å². The van der Waals surface area contributed by atoms with Gasteiger partial charge in [-0.25, -0.2) is 0 Å². The molecule has 1 saturated heterocycles. The van der Waals surface area contributed by atoms with Crippen LogP contribution in [-0.4, -0.2) is 32.0 Å². The van der Waals surface area contributed by atoms with Gasteiger partial charge in [-0.15, -0.1) is 0 Å². The average Bonchev–Trinajstić information content (AvgIpc) is 2.29. The minimum absolute atomic E-state index is 0.0121. The third-order valence-corrected chi connectivity index (χ3v) is 3.06. The fourth-order valence-corrected chi connectivity index (χ4v) is 1.77. The fraction of sp³-hybridized carbons (Fsp3) is 0.385. The maximum absolute atomic E-state index is 11.9. The second-order valence-electron chi connectivity index (χ2n) is 4.35. The van der Waals surface area contributed by atoms with Gasteiger partial charge in [0, 0.05) is 25.8 Å². The third-order valence-electron chi connectivity index (χ3n) is 3.06. The van der Waals surface area contributed by atoms with E-state index in [1.165, 1.54) is 0 Å². The molecule has 0 atom stereocenters. The summed E-state index contributed by atoms with van der Waals surface area (Å²) in [7, 11) is 1.60. The molecule has 0 radical (unpaired) electrons. The van der Waals surface area contributed by atoms with E-state index in [9.17, 15) is 9.59 Å². The lowest BCUT2D eigenvalue weighted by Gasteiger charge is -2.26. The van der Waals surface area contributed by atoms with Crippen LogP contribution in [0.3, 0.4) is 0 Å². The van der Waals surface area contributed by atoms with Gasteiger partial charge in [0.05, 0.1) is 12.3 Å². The van der Waals surface area contributed by atoms with Crippen molar-refractivity contribution in [1.82, 2.24) is 10.6 Å². The van der Waals surface area contributed by atoms with Crippen molar-refractivity contribution in [2.45, 2.75) is 6.42 Å². The minimum atomic E-state index is -0.0676. The smallest absolute Gasteiger partial charge is 0.230 e. The normalized spacial score (nSPS) is 14.7. The van der Waals surface area contributed by atoms with E-state index in [-0.39, 0.29) is 24.2 Å². The van der Waals surface area contributed by atoms with E-state index in [1.807, 2.05) is 24.3 Å². The van der Waals surface area contributed by atoms with E-state index in [0.717, 1.165) is 24.3 Å². The predicted octanol–water partition coefficient (Wildman–Crippen LogP) is 0.133. The van der Waals surface area contributed by atoms with Gasteiger partial charge in [-0.2, -0.15) is 0 Å². The number of likely N-dealkylation sites (N-methyl/N-ethyl adjacent to an activating group) is 1. The SMILES string of the molecule is CNC(=O)Cc1ccccc1NC(=O)C1CNC1. The van der Waals surface area contributed by atoms with Crippen LogP contribution in [-0.2, 0) is 16.0 Å². The summed E-state index contributed by atoms with van der Waals surface area (Å²) in [5, 5.41) is 8.52. The molecule has 3 N–H and O–H groups in total. The number of anilines is 1. The Morgan fingerprint density at radius 1 is 1.33 bits per heavy atom. The van der Waals surface area contributed by atoms with Gasteiger partial charge in [0.2, 0.25) is 11.8 Å². The molecule has 2 amide bonds. The van der Waals surface area contributed by atoms with Crippen molar-refractivity contribution >= 4 is 17.5 Å². The zero-order chi connectivity index (χ0) is 13.0. The number of carbonyl (C=O) groups is 2. The summed E-state index contributed by atoms with van der Waals surface area (Å²) in [6.07, 6.45) is 0.274. The number of hydrogen-bond acceptors (Lipinski definition) is 3. The summed E-state index contributed by atoms with van der Waals surface area (Å²) in [6.45, 7) is 1.45. The quantitative estimate of drug-likeness (QED) is 0.708. The summed E-state index contributed by atoms with van der Waals surface area (Å²) >= 11 is 0. The number of amides is 2. The van der Waals surface area contributed by atoms with Crippen molar-refractivity contribution in [3.63, 3.8) is 0 Å². The molecule has 5 nitrogen and oxygen atoms in total. The molecule has 2 rings (SSSR count). The first-order valence-electron chi connectivity index (χ1n) is 6.00. The second kappa shape index (κ2) is 5.64. The number of benzene rings is 1. The Morgan fingerprint density at radius 2 is 2.06 bits per heavy atom. The summed E-state index contributed by atoms with van der Waals surface area (Å²) < 4.78 is 0. The number of carbonyl (C=O) groups excluding carboxylic acids is 2. The Hall–Kier alpha value is -1.88. The average molecular weight is 247 g/mol. The van der Waals surface area contributed by atoms with Gasteiger partial charge in [0.1, 0.15) is 0 Å². The van der Waals surface area contributed by atoms with Crippen molar-refractivity contribution in [2.75, 3.05) is 25.5 Å². The minimum Gasteiger partial charge on any atom is -0.359 e. The summed E-state index contributed by atoms with van der Waals surface area (Å²) in [4.78, 5) is 23.2. The molecular formula is C13H17N3O2. The number of nitrogens with one attached hydrogen (secondary N) is 3. The van der Waals surface area contributed by atoms with Gasteiger partial charge in [0.25, 0.3) is 0 Å². The first-order chi connectivity index (χ1) is 8.70. The lowest BCUT2D eigenvalue weighted by atomic mass is 10.0. The van der Waals surface area contributed by atoms with Crippen LogP contribution in [0.25, 0.3) is 0 Å². The van der Waals surface area contributed by atoms with Crippen molar-refractivity contribution in [3.05, 3.63) is 29.8 Å². The molecule has 0 saturated carbocycles. The van der Waals surface area contributed by atoms with Gasteiger partial charge in [-0.3, -0.25) is 9.59 Å². The molecule has 1 aromatic rings. The number of hydrogen-bond donors (Lipinski definition) is 3. The van der Waals surface area contributed by atoms with Gasteiger partial charge in [0.15, 0.2) is 0 Å². The molecular weight excluding hydrogens is 230 g/mol. The van der Waals surface area contributed by atoms with Crippen molar-refractivity contribution < 1.29 is 9.59 Å². The van der Waals surface area contributed by atoms with E-state index in [4.69, 9.17) is 0 Å².